The van der Waals surface area contributed by atoms with Crippen LogP contribution in [0.2, 0.25) is 0 Å². The maximum absolute atomic E-state index is 6.20. The van der Waals surface area contributed by atoms with Gasteiger partial charge in [-0.05, 0) is 46.8 Å². The molecule has 1 heterocycles. The van der Waals surface area contributed by atoms with E-state index >= 15 is 0 Å². The monoisotopic (exact) mass is 304 g/mol. The van der Waals surface area contributed by atoms with Gasteiger partial charge < -0.3 is 0 Å². The molecule has 0 spiro atoms. The van der Waals surface area contributed by atoms with Gasteiger partial charge in [0.2, 0.25) is 0 Å². The Hall–Kier alpha value is 0.210. The number of hydrogen-bond donors (Lipinski definition) is 0. The number of alkyl halides is 1. The van der Waals surface area contributed by atoms with Gasteiger partial charge in [0.25, 0.3) is 0 Å². The molecule has 82 valence electrons. The van der Waals surface area contributed by atoms with Crippen molar-refractivity contribution in [2.75, 3.05) is 0 Å². The highest BCUT2D eigenvalue weighted by Gasteiger charge is 2.17. The maximum Gasteiger partial charge on any atom is 0.0701 e. The minimum atomic E-state index is 0.243. The summed E-state index contributed by atoms with van der Waals surface area (Å²) in [5.74, 6) is 0.732. The molecule has 0 saturated heterocycles. The molecule has 0 aromatic carbocycles. The fourth-order valence-corrected chi connectivity index (χ4v) is 4.13. The average molecular weight is 306 g/mol. The van der Waals surface area contributed by atoms with Gasteiger partial charge in [-0.2, -0.15) is 0 Å². The summed E-state index contributed by atoms with van der Waals surface area (Å²) < 4.78 is 1.21. The van der Waals surface area contributed by atoms with E-state index in [1.165, 1.54) is 20.7 Å². The molecule has 1 aliphatic carbocycles. The van der Waals surface area contributed by atoms with Crippen molar-refractivity contribution in [3.8, 4) is 0 Å². The third kappa shape index (κ3) is 3.33. The van der Waals surface area contributed by atoms with Crippen molar-refractivity contribution >= 4 is 38.9 Å². The van der Waals surface area contributed by atoms with Gasteiger partial charge in [0.15, 0.2) is 0 Å². The van der Waals surface area contributed by atoms with E-state index in [1.807, 2.05) is 11.3 Å². The van der Waals surface area contributed by atoms with Crippen LogP contribution in [0.3, 0.4) is 0 Å². The highest BCUT2D eigenvalue weighted by Crippen LogP contribution is 2.31. The maximum atomic E-state index is 6.20. The largest absolute Gasteiger partial charge is 0.133 e. The zero-order chi connectivity index (χ0) is 10.8. The lowest BCUT2D eigenvalue weighted by atomic mass is 9.88. The summed E-state index contributed by atoms with van der Waals surface area (Å²) in [6.07, 6.45) is 5.65. The molecule has 0 radical (unpaired) electrons. The SMILES string of the molecule is CC1CC(Cc2ccc(Br)s2)=CC(Cl)C1. The molecule has 1 aromatic heterocycles. The van der Waals surface area contributed by atoms with Crippen molar-refractivity contribution in [1.29, 1.82) is 0 Å². The summed E-state index contributed by atoms with van der Waals surface area (Å²) in [4.78, 5) is 1.42. The lowest BCUT2D eigenvalue weighted by Gasteiger charge is -2.22. The fourth-order valence-electron chi connectivity index (χ4n) is 2.11. The molecule has 0 N–H and O–H groups in total. The zero-order valence-electron chi connectivity index (χ0n) is 8.67. The van der Waals surface area contributed by atoms with Crippen LogP contribution in [0.1, 0.15) is 24.6 Å². The van der Waals surface area contributed by atoms with Crippen molar-refractivity contribution in [3.63, 3.8) is 0 Å². The Morgan fingerprint density at radius 2 is 2.33 bits per heavy atom. The predicted octanol–water partition coefficient (Wildman–Crippen LogP) is 5.02. The first-order valence-corrected chi connectivity index (χ1v) is 7.26. The summed E-state index contributed by atoms with van der Waals surface area (Å²) in [7, 11) is 0. The summed E-state index contributed by atoms with van der Waals surface area (Å²) in [5.41, 5.74) is 1.50. The van der Waals surface area contributed by atoms with E-state index in [4.69, 9.17) is 11.6 Å². The zero-order valence-corrected chi connectivity index (χ0v) is 11.8. The lowest BCUT2D eigenvalue weighted by Crippen LogP contribution is -2.12. The Bertz CT molecular complexity index is 369. The molecule has 15 heavy (non-hydrogen) atoms. The van der Waals surface area contributed by atoms with E-state index in [2.05, 4.69) is 41.1 Å². The van der Waals surface area contributed by atoms with Crippen molar-refractivity contribution in [1.82, 2.24) is 0 Å². The van der Waals surface area contributed by atoms with Gasteiger partial charge in [-0.3, -0.25) is 0 Å². The van der Waals surface area contributed by atoms with Crippen molar-refractivity contribution in [2.45, 2.75) is 31.6 Å². The third-order valence-corrected chi connectivity index (χ3v) is 4.61. The molecule has 0 amide bonds. The quantitative estimate of drug-likeness (QED) is 0.532. The average Bonchev–Trinajstić information content (AvgIpc) is 2.49. The minimum absolute atomic E-state index is 0.243. The van der Waals surface area contributed by atoms with Crippen LogP contribution >= 0.6 is 38.9 Å². The van der Waals surface area contributed by atoms with Gasteiger partial charge in [-0.1, -0.05) is 18.6 Å². The van der Waals surface area contributed by atoms with Crippen LogP contribution < -0.4 is 0 Å². The Kier molecular flexibility index (Phi) is 3.92. The molecule has 0 nitrogen and oxygen atoms in total. The molecule has 0 aliphatic heterocycles. The molecule has 0 saturated carbocycles. The number of halogens is 2. The topological polar surface area (TPSA) is 0 Å². The van der Waals surface area contributed by atoms with Crippen molar-refractivity contribution in [2.24, 2.45) is 5.92 Å². The minimum Gasteiger partial charge on any atom is -0.133 e. The Labute approximate surface area is 108 Å². The predicted molar refractivity (Wildman–Crippen MR) is 71.8 cm³/mol. The molecule has 2 atom stereocenters. The second-order valence-electron chi connectivity index (χ2n) is 4.27. The van der Waals surface area contributed by atoms with Crippen LogP contribution in [0.5, 0.6) is 0 Å². The Balaban J connectivity index is 2.05. The third-order valence-electron chi connectivity index (χ3n) is 2.68. The van der Waals surface area contributed by atoms with Gasteiger partial charge in [0.05, 0.1) is 9.16 Å². The highest BCUT2D eigenvalue weighted by molar-refractivity contribution is 9.11. The van der Waals surface area contributed by atoms with E-state index in [0.29, 0.717) is 0 Å². The standard InChI is InChI=1S/C12H14BrClS/c1-8-4-9(6-10(14)5-8)7-11-2-3-12(13)15-11/h2-3,6,8,10H,4-5,7H2,1H3. The van der Waals surface area contributed by atoms with Gasteiger partial charge >= 0.3 is 0 Å². The van der Waals surface area contributed by atoms with Crippen molar-refractivity contribution < 1.29 is 0 Å². The van der Waals surface area contributed by atoms with Crippen molar-refractivity contribution in [3.05, 3.63) is 32.4 Å². The van der Waals surface area contributed by atoms with E-state index in [9.17, 15) is 0 Å². The molecule has 1 aliphatic rings. The first kappa shape index (κ1) is 11.7. The summed E-state index contributed by atoms with van der Waals surface area (Å²) >= 11 is 11.5. The molecule has 0 bridgehead atoms. The molecule has 2 rings (SSSR count). The van der Waals surface area contributed by atoms with Gasteiger partial charge in [-0.15, -0.1) is 22.9 Å². The molecule has 0 fully saturated rings. The van der Waals surface area contributed by atoms with E-state index in [-0.39, 0.29) is 5.38 Å². The van der Waals surface area contributed by atoms with E-state index in [1.54, 1.807) is 0 Å². The first-order valence-electron chi connectivity index (χ1n) is 5.21. The van der Waals surface area contributed by atoms with Crippen LogP contribution in [0.25, 0.3) is 0 Å². The second kappa shape index (κ2) is 5.03. The second-order valence-corrected chi connectivity index (χ2v) is 7.38. The van der Waals surface area contributed by atoms with Gasteiger partial charge in [0, 0.05) is 11.3 Å². The first-order chi connectivity index (χ1) is 7.13. The summed E-state index contributed by atoms with van der Waals surface area (Å²) in [6.45, 7) is 2.28. The Morgan fingerprint density at radius 1 is 1.53 bits per heavy atom. The van der Waals surface area contributed by atoms with Crippen LogP contribution in [0.15, 0.2) is 27.6 Å². The van der Waals surface area contributed by atoms with Crippen LogP contribution in [-0.2, 0) is 6.42 Å². The fraction of sp³-hybridized carbons (Fsp3) is 0.500. The summed E-state index contributed by atoms with van der Waals surface area (Å²) in [6, 6.07) is 4.31. The lowest BCUT2D eigenvalue weighted by molar-refractivity contribution is 0.508. The number of rotatable bonds is 2. The molecule has 3 heteroatoms. The summed E-state index contributed by atoms with van der Waals surface area (Å²) in [5, 5.41) is 0.243. The van der Waals surface area contributed by atoms with Gasteiger partial charge in [-0.25, -0.2) is 0 Å². The number of thiophene rings is 1. The highest BCUT2D eigenvalue weighted by atomic mass is 79.9. The van der Waals surface area contributed by atoms with E-state index in [0.717, 1.165) is 18.8 Å². The van der Waals surface area contributed by atoms with E-state index < -0.39 is 0 Å². The smallest absolute Gasteiger partial charge is 0.0701 e. The van der Waals surface area contributed by atoms with Gasteiger partial charge in [0.1, 0.15) is 0 Å². The Morgan fingerprint density at radius 3 is 2.93 bits per heavy atom. The molecule has 2 unspecified atom stereocenters. The molecular weight excluding hydrogens is 292 g/mol. The molecule has 1 aromatic rings. The molecular formula is C12H14BrClS. The van der Waals surface area contributed by atoms with Crippen LogP contribution in [-0.4, -0.2) is 5.38 Å². The number of allylic oxidation sites excluding steroid dienone is 2. The normalized spacial score (nSPS) is 26.5. The van der Waals surface area contributed by atoms with Crippen LogP contribution in [0.4, 0.5) is 0 Å². The van der Waals surface area contributed by atoms with Crippen LogP contribution in [0, 0.1) is 5.92 Å². The number of hydrogen-bond acceptors (Lipinski definition) is 1.